The van der Waals surface area contributed by atoms with Gasteiger partial charge in [-0.25, -0.2) is 0 Å². The van der Waals surface area contributed by atoms with Gasteiger partial charge in [-0.15, -0.1) is 0 Å². The number of para-hydroxylation sites is 2. The van der Waals surface area contributed by atoms with Crippen LogP contribution in [0, 0.1) is 5.92 Å². The first-order valence-electron chi connectivity index (χ1n) is 11.8. The molecule has 1 spiro atoms. The molecule has 0 radical (unpaired) electrons. The number of allylic oxidation sites excluding steroid dienone is 1. The maximum Gasteiger partial charge on any atom is 0.191 e. The highest BCUT2D eigenvalue weighted by molar-refractivity contribution is 5.90. The molecule has 2 aliphatic heterocycles. The number of fused-ring (bicyclic) bond motifs is 5. The Balaban J connectivity index is 1.56. The molecule has 0 bridgehead atoms. The maximum absolute atomic E-state index is 7.01. The summed E-state index contributed by atoms with van der Waals surface area (Å²) in [5.74, 6) is 1.95. The molecule has 0 saturated heterocycles. The third-order valence-corrected chi connectivity index (χ3v) is 8.05. The number of benzene rings is 3. The van der Waals surface area contributed by atoms with Gasteiger partial charge in [0.2, 0.25) is 0 Å². The zero-order valence-electron chi connectivity index (χ0n) is 17.8. The van der Waals surface area contributed by atoms with Crippen LogP contribution in [-0.2, 0) is 6.42 Å². The van der Waals surface area contributed by atoms with E-state index in [9.17, 15) is 0 Å². The fraction of sp³-hybridized carbons (Fsp3) is 0.310. The molecule has 3 atom stereocenters. The second-order valence-corrected chi connectivity index (χ2v) is 9.52. The van der Waals surface area contributed by atoms with E-state index in [0.717, 1.165) is 25.0 Å². The molecule has 2 heteroatoms. The molecule has 2 nitrogen and oxygen atoms in total. The van der Waals surface area contributed by atoms with Gasteiger partial charge >= 0.3 is 0 Å². The normalized spacial score (nSPS) is 28.1. The van der Waals surface area contributed by atoms with Gasteiger partial charge in [0.15, 0.2) is 5.72 Å². The van der Waals surface area contributed by atoms with Crippen molar-refractivity contribution in [3.63, 3.8) is 0 Å². The van der Waals surface area contributed by atoms with Crippen LogP contribution >= 0.6 is 0 Å². The summed E-state index contributed by atoms with van der Waals surface area (Å²) in [4.78, 5) is 2.64. The Labute approximate surface area is 184 Å². The molecule has 154 valence electrons. The lowest BCUT2D eigenvalue weighted by atomic mass is 9.63. The van der Waals surface area contributed by atoms with Gasteiger partial charge in [-0.3, -0.25) is 4.90 Å². The van der Waals surface area contributed by atoms with Crippen LogP contribution in [0.5, 0.6) is 5.75 Å². The number of nitrogens with zero attached hydrogens (tertiary/aromatic N) is 1. The quantitative estimate of drug-likeness (QED) is 0.435. The van der Waals surface area contributed by atoms with Crippen molar-refractivity contribution in [2.75, 3.05) is 4.90 Å². The summed E-state index contributed by atoms with van der Waals surface area (Å²) in [7, 11) is 0. The Hall–Kier alpha value is -3.00. The molecular weight excluding hydrogens is 378 g/mol. The third-order valence-electron chi connectivity index (χ3n) is 8.05. The number of hydrogen-bond donors (Lipinski definition) is 0. The summed E-state index contributed by atoms with van der Waals surface area (Å²) in [6.45, 7) is 0. The molecule has 4 aliphatic rings. The van der Waals surface area contributed by atoms with Crippen molar-refractivity contribution in [1.82, 2.24) is 0 Å². The monoisotopic (exact) mass is 405 g/mol. The topological polar surface area (TPSA) is 12.5 Å². The van der Waals surface area contributed by atoms with Gasteiger partial charge in [0, 0.05) is 23.8 Å². The maximum atomic E-state index is 7.01. The molecule has 1 saturated carbocycles. The molecule has 3 aromatic carbocycles. The largest absolute Gasteiger partial charge is 0.465 e. The third kappa shape index (κ3) is 2.34. The van der Waals surface area contributed by atoms with Gasteiger partial charge in [0.1, 0.15) is 5.75 Å². The second-order valence-electron chi connectivity index (χ2n) is 9.52. The van der Waals surface area contributed by atoms with Gasteiger partial charge in [0.05, 0.1) is 11.4 Å². The summed E-state index contributed by atoms with van der Waals surface area (Å²) in [5, 5.41) is 0. The van der Waals surface area contributed by atoms with E-state index in [0.29, 0.717) is 11.8 Å². The predicted octanol–water partition coefficient (Wildman–Crippen LogP) is 6.93. The molecule has 0 aromatic heterocycles. The fourth-order valence-corrected chi connectivity index (χ4v) is 6.90. The van der Waals surface area contributed by atoms with Crippen LogP contribution in [0.1, 0.15) is 54.7 Å². The number of ether oxygens (including phenoxy) is 1. The number of aryl methyl sites for hydroxylation is 1. The summed E-state index contributed by atoms with van der Waals surface area (Å²) < 4.78 is 7.01. The first-order chi connectivity index (χ1) is 15.4. The van der Waals surface area contributed by atoms with Crippen LogP contribution in [-0.4, -0.2) is 5.72 Å². The minimum Gasteiger partial charge on any atom is -0.465 e. The van der Waals surface area contributed by atoms with Crippen LogP contribution in [0.15, 0.2) is 84.4 Å². The van der Waals surface area contributed by atoms with E-state index in [1.165, 1.54) is 47.3 Å². The predicted molar refractivity (Wildman–Crippen MR) is 125 cm³/mol. The van der Waals surface area contributed by atoms with E-state index >= 15 is 0 Å². The average Bonchev–Trinajstić information content (AvgIpc) is 3.16. The van der Waals surface area contributed by atoms with Gasteiger partial charge in [-0.05, 0) is 54.5 Å². The fourth-order valence-electron chi connectivity index (χ4n) is 6.90. The van der Waals surface area contributed by atoms with E-state index in [1.807, 2.05) is 0 Å². The molecule has 0 amide bonds. The molecule has 2 aliphatic carbocycles. The number of anilines is 1. The Kier molecular flexibility index (Phi) is 3.70. The summed E-state index contributed by atoms with van der Waals surface area (Å²) in [6, 6.07) is 29.0. The summed E-state index contributed by atoms with van der Waals surface area (Å²) in [5.41, 5.74) is 8.37. The Morgan fingerprint density at radius 2 is 1.61 bits per heavy atom. The van der Waals surface area contributed by atoms with Crippen LogP contribution in [0.4, 0.5) is 5.69 Å². The highest BCUT2D eigenvalue weighted by Gasteiger charge is 2.60. The molecule has 0 unspecified atom stereocenters. The highest BCUT2D eigenvalue weighted by Crippen LogP contribution is 2.63. The lowest BCUT2D eigenvalue weighted by Gasteiger charge is -2.55. The van der Waals surface area contributed by atoms with Gasteiger partial charge in [0.25, 0.3) is 0 Å². The number of rotatable bonds is 1. The van der Waals surface area contributed by atoms with E-state index in [4.69, 9.17) is 4.74 Å². The van der Waals surface area contributed by atoms with Gasteiger partial charge in [-0.1, -0.05) is 73.2 Å². The Bertz CT molecular complexity index is 1200. The minimum absolute atomic E-state index is 0.272. The van der Waals surface area contributed by atoms with Crippen molar-refractivity contribution in [3.8, 4) is 5.75 Å². The van der Waals surface area contributed by atoms with Crippen LogP contribution < -0.4 is 9.64 Å². The molecule has 2 heterocycles. The molecule has 1 fully saturated rings. The van der Waals surface area contributed by atoms with Crippen LogP contribution in [0.2, 0.25) is 0 Å². The van der Waals surface area contributed by atoms with Gasteiger partial charge in [-0.2, -0.15) is 0 Å². The number of hydrogen-bond acceptors (Lipinski definition) is 2. The average molecular weight is 406 g/mol. The smallest absolute Gasteiger partial charge is 0.191 e. The van der Waals surface area contributed by atoms with Crippen LogP contribution in [0.25, 0.3) is 5.70 Å². The first kappa shape index (κ1) is 17.7. The van der Waals surface area contributed by atoms with E-state index < -0.39 is 0 Å². The summed E-state index contributed by atoms with van der Waals surface area (Å²) >= 11 is 0. The SMILES string of the molecule is c1ccc([C@H]2C3=C(c4ccccc4CC3)N3c4ccccc4O[C@]34CCCC[C@H]24)cc1. The lowest BCUT2D eigenvalue weighted by Crippen LogP contribution is -2.60. The molecule has 0 N–H and O–H groups in total. The van der Waals surface area contributed by atoms with E-state index in [2.05, 4.69) is 83.8 Å². The summed E-state index contributed by atoms with van der Waals surface area (Å²) in [6.07, 6.45) is 7.11. The van der Waals surface area contributed by atoms with Crippen molar-refractivity contribution in [3.05, 3.63) is 101 Å². The van der Waals surface area contributed by atoms with Crippen LogP contribution in [0.3, 0.4) is 0 Å². The molecule has 3 aromatic rings. The first-order valence-corrected chi connectivity index (χ1v) is 11.8. The molecule has 7 rings (SSSR count). The van der Waals surface area contributed by atoms with E-state index in [1.54, 1.807) is 5.57 Å². The Morgan fingerprint density at radius 1 is 0.806 bits per heavy atom. The second kappa shape index (κ2) is 6.50. The van der Waals surface area contributed by atoms with Crippen molar-refractivity contribution in [2.24, 2.45) is 5.92 Å². The molecular formula is C29H27NO. The van der Waals surface area contributed by atoms with Crippen molar-refractivity contribution in [2.45, 2.75) is 50.2 Å². The highest BCUT2D eigenvalue weighted by atomic mass is 16.5. The Morgan fingerprint density at radius 3 is 2.55 bits per heavy atom. The zero-order chi connectivity index (χ0) is 20.4. The van der Waals surface area contributed by atoms with Crippen molar-refractivity contribution < 1.29 is 4.74 Å². The molecule has 31 heavy (non-hydrogen) atoms. The van der Waals surface area contributed by atoms with Crippen molar-refractivity contribution >= 4 is 11.4 Å². The minimum atomic E-state index is -0.272. The van der Waals surface area contributed by atoms with E-state index in [-0.39, 0.29) is 5.72 Å². The van der Waals surface area contributed by atoms with Crippen molar-refractivity contribution in [1.29, 1.82) is 0 Å². The zero-order valence-corrected chi connectivity index (χ0v) is 17.8. The standard InChI is InChI=1S/C29H27NO/c1-2-11-21(12-3-1)27-23-18-17-20-10-4-5-13-22(20)28(23)30-25-15-6-7-16-26(25)31-29(30)19-9-8-14-24(27)29/h1-7,10-13,15-16,24,27H,8-9,14,17-19H2/t24-,27+,29+/m1/s1. The van der Waals surface area contributed by atoms with Gasteiger partial charge < -0.3 is 4.74 Å². The lowest BCUT2D eigenvalue weighted by molar-refractivity contribution is -0.0148.